The molecule has 2 heterocycles. The molecule has 0 aliphatic carbocycles. The smallest absolute Gasteiger partial charge is 0.328 e. The summed E-state index contributed by atoms with van der Waals surface area (Å²) in [5.74, 6) is 0.0636. The maximum Gasteiger partial charge on any atom is 0.328 e. The van der Waals surface area contributed by atoms with Gasteiger partial charge in [-0.2, -0.15) is 0 Å². The van der Waals surface area contributed by atoms with Crippen LogP contribution in [0.4, 0.5) is 0 Å². The van der Waals surface area contributed by atoms with Gasteiger partial charge in [0.25, 0.3) is 5.56 Å². The number of rotatable bonds is 3. The van der Waals surface area contributed by atoms with E-state index in [2.05, 4.69) is 4.98 Å². The minimum Gasteiger partial charge on any atom is -0.341 e. The van der Waals surface area contributed by atoms with Gasteiger partial charge in [0.15, 0.2) is 0 Å². The number of carbonyl (C=O) groups excluding carboxylic acids is 1. The van der Waals surface area contributed by atoms with Crippen molar-refractivity contribution in [1.29, 1.82) is 0 Å². The third kappa shape index (κ3) is 3.37. The van der Waals surface area contributed by atoms with Gasteiger partial charge >= 0.3 is 5.69 Å². The third-order valence-corrected chi connectivity index (χ3v) is 4.43. The molecule has 1 aromatic carbocycles. The molecule has 1 aromatic heterocycles. The highest BCUT2D eigenvalue weighted by atomic mass is 35.5. The molecule has 3 rings (SSSR count). The highest BCUT2D eigenvalue weighted by molar-refractivity contribution is 6.31. The van der Waals surface area contributed by atoms with E-state index in [4.69, 9.17) is 11.6 Å². The Labute approximate surface area is 137 Å². The van der Waals surface area contributed by atoms with Crippen LogP contribution in [0, 0.1) is 0 Å². The van der Waals surface area contributed by atoms with Crippen LogP contribution in [-0.2, 0) is 11.3 Å². The first-order valence-corrected chi connectivity index (χ1v) is 7.74. The molecule has 0 saturated carbocycles. The van der Waals surface area contributed by atoms with Crippen molar-refractivity contribution < 1.29 is 4.79 Å². The van der Waals surface area contributed by atoms with Crippen molar-refractivity contribution >= 4 is 17.5 Å². The first-order valence-electron chi connectivity index (χ1n) is 7.36. The quantitative estimate of drug-likeness (QED) is 0.917. The van der Waals surface area contributed by atoms with E-state index in [-0.39, 0.29) is 18.4 Å². The molecule has 0 radical (unpaired) electrons. The Morgan fingerprint density at radius 2 is 2.04 bits per heavy atom. The van der Waals surface area contributed by atoms with E-state index in [1.54, 1.807) is 4.90 Å². The van der Waals surface area contributed by atoms with Crippen LogP contribution >= 0.6 is 11.6 Å². The number of carbonyl (C=O) groups is 1. The summed E-state index contributed by atoms with van der Waals surface area (Å²) in [4.78, 5) is 38.9. The zero-order valence-electron chi connectivity index (χ0n) is 12.4. The van der Waals surface area contributed by atoms with Gasteiger partial charge in [-0.15, -0.1) is 0 Å². The zero-order valence-corrected chi connectivity index (χ0v) is 13.1. The Balaban J connectivity index is 1.69. The number of halogens is 1. The second-order valence-corrected chi connectivity index (χ2v) is 5.99. The molecule has 0 bridgehead atoms. The summed E-state index contributed by atoms with van der Waals surface area (Å²) in [5.41, 5.74) is -0.00275. The summed E-state index contributed by atoms with van der Waals surface area (Å²) in [5, 5.41) is 0.712. The van der Waals surface area contributed by atoms with Crippen LogP contribution in [0.2, 0.25) is 5.02 Å². The van der Waals surface area contributed by atoms with E-state index >= 15 is 0 Å². The van der Waals surface area contributed by atoms with Crippen LogP contribution in [0.5, 0.6) is 0 Å². The fraction of sp³-hybridized carbons (Fsp3) is 0.312. The first-order chi connectivity index (χ1) is 11.0. The van der Waals surface area contributed by atoms with E-state index in [9.17, 15) is 14.4 Å². The molecule has 0 spiro atoms. The molecule has 1 atom stereocenters. The van der Waals surface area contributed by atoms with Crippen molar-refractivity contribution in [2.45, 2.75) is 18.9 Å². The van der Waals surface area contributed by atoms with Crippen molar-refractivity contribution in [3.63, 3.8) is 0 Å². The number of nitrogens with zero attached hydrogens (tertiary/aromatic N) is 2. The first kappa shape index (κ1) is 15.6. The van der Waals surface area contributed by atoms with Gasteiger partial charge in [0.05, 0.1) is 0 Å². The molecule has 7 heteroatoms. The maximum atomic E-state index is 12.4. The number of aromatic nitrogens is 2. The highest BCUT2D eigenvalue weighted by Crippen LogP contribution is 2.31. The average Bonchev–Trinajstić information content (AvgIpc) is 3.00. The zero-order chi connectivity index (χ0) is 16.4. The summed E-state index contributed by atoms with van der Waals surface area (Å²) in [6.07, 6.45) is 2.18. The fourth-order valence-corrected chi connectivity index (χ4v) is 3.15. The number of benzene rings is 1. The van der Waals surface area contributed by atoms with Crippen LogP contribution in [0.1, 0.15) is 17.9 Å². The van der Waals surface area contributed by atoms with E-state index in [0.29, 0.717) is 18.1 Å². The Morgan fingerprint density at radius 1 is 1.26 bits per heavy atom. The topological polar surface area (TPSA) is 75.2 Å². The number of amides is 1. The molecule has 2 aromatic rings. The van der Waals surface area contributed by atoms with Crippen LogP contribution in [0.3, 0.4) is 0 Å². The number of hydrogen-bond donors (Lipinski definition) is 1. The van der Waals surface area contributed by atoms with Crippen LogP contribution in [-0.4, -0.2) is 33.4 Å². The van der Waals surface area contributed by atoms with E-state index in [1.165, 1.54) is 16.8 Å². The SMILES string of the molecule is O=C(Cn1ccc(=O)[nH]c1=O)N1CC[C@H](c2ccccc2Cl)C1. The van der Waals surface area contributed by atoms with E-state index < -0.39 is 11.2 Å². The van der Waals surface area contributed by atoms with Crippen LogP contribution < -0.4 is 11.2 Å². The maximum absolute atomic E-state index is 12.4. The number of H-pyrrole nitrogens is 1. The van der Waals surface area contributed by atoms with Crippen molar-refractivity contribution in [3.05, 3.63) is 68.0 Å². The number of likely N-dealkylation sites (tertiary alicyclic amines) is 1. The molecule has 1 N–H and O–H groups in total. The summed E-state index contributed by atoms with van der Waals surface area (Å²) < 4.78 is 1.20. The minimum absolute atomic E-state index is 0.0785. The van der Waals surface area contributed by atoms with Crippen molar-refractivity contribution in [3.8, 4) is 0 Å². The van der Waals surface area contributed by atoms with Gasteiger partial charge in [-0.05, 0) is 18.1 Å². The molecule has 1 fully saturated rings. The van der Waals surface area contributed by atoms with E-state index in [1.807, 2.05) is 24.3 Å². The molecular weight excluding hydrogens is 318 g/mol. The number of hydrogen-bond acceptors (Lipinski definition) is 3. The Morgan fingerprint density at radius 3 is 2.78 bits per heavy atom. The van der Waals surface area contributed by atoms with Crippen molar-refractivity contribution in [1.82, 2.24) is 14.5 Å². The van der Waals surface area contributed by atoms with Crippen molar-refractivity contribution in [2.24, 2.45) is 0 Å². The van der Waals surface area contributed by atoms with Gasteiger partial charge in [0.2, 0.25) is 5.91 Å². The lowest BCUT2D eigenvalue weighted by atomic mass is 9.98. The third-order valence-electron chi connectivity index (χ3n) is 4.09. The lowest BCUT2D eigenvalue weighted by Crippen LogP contribution is -2.37. The number of nitrogens with one attached hydrogen (secondary N) is 1. The van der Waals surface area contributed by atoms with Crippen molar-refractivity contribution in [2.75, 3.05) is 13.1 Å². The van der Waals surface area contributed by atoms with Crippen LogP contribution in [0.15, 0.2) is 46.1 Å². The summed E-state index contributed by atoms with van der Waals surface area (Å²) in [6.45, 7) is 1.14. The van der Waals surface area contributed by atoms with Gasteiger partial charge < -0.3 is 4.90 Å². The Hall–Kier alpha value is -2.34. The normalized spacial score (nSPS) is 17.4. The molecule has 6 nitrogen and oxygen atoms in total. The monoisotopic (exact) mass is 333 g/mol. The number of aromatic amines is 1. The van der Waals surface area contributed by atoms with E-state index in [0.717, 1.165) is 12.0 Å². The predicted octanol–water partition coefficient (Wildman–Crippen LogP) is 1.21. The lowest BCUT2D eigenvalue weighted by molar-refractivity contribution is -0.130. The molecule has 0 unspecified atom stereocenters. The second-order valence-electron chi connectivity index (χ2n) is 5.58. The van der Waals surface area contributed by atoms with Gasteiger partial charge in [-0.1, -0.05) is 29.8 Å². The fourth-order valence-electron chi connectivity index (χ4n) is 2.86. The standard InChI is InChI=1S/C16H16ClN3O3/c17-13-4-2-1-3-12(13)11-5-7-19(9-11)15(22)10-20-8-6-14(21)18-16(20)23/h1-4,6,8,11H,5,7,9-10H2,(H,18,21,23)/t11-/m0/s1. The molecule has 1 amide bonds. The molecule has 120 valence electrons. The molecule has 23 heavy (non-hydrogen) atoms. The summed E-state index contributed by atoms with van der Waals surface area (Å²) in [7, 11) is 0. The van der Waals surface area contributed by atoms with Crippen LogP contribution in [0.25, 0.3) is 0 Å². The predicted molar refractivity (Wildman–Crippen MR) is 86.7 cm³/mol. The highest BCUT2D eigenvalue weighted by Gasteiger charge is 2.28. The van der Waals surface area contributed by atoms with Gasteiger partial charge in [-0.3, -0.25) is 19.1 Å². The Kier molecular flexibility index (Phi) is 4.34. The minimum atomic E-state index is -0.576. The largest absolute Gasteiger partial charge is 0.341 e. The molecule has 1 aliphatic heterocycles. The van der Waals surface area contributed by atoms with Gasteiger partial charge in [-0.25, -0.2) is 4.79 Å². The molecule has 1 aliphatic rings. The lowest BCUT2D eigenvalue weighted by Gasteiger charge is -2.17. The molecule has 1 saturated heterocycles. The Bertz CT molecular complexity index is 843. The molecular formula is C16H16ClN3O3. The summed E-state index contributed by atoms with van der Waals surface area (Å²) in [6, 6.07) is 8.87. The average molecular weight is 334 g/mol. The van der Waals surface area contributed by atoms with Gasteiger partial charge in [0, 0.05) is 36.3 Å². The summed E-state index contributed by atoms with van der Waals surface area (Å²) >= 11 is 6.21. The second kappa shape index (κ2) is 6.42. The van der Waals surface area contributed by atoms with Gasteiger partial charge in [0.1, 0.15) is 6.54 Å².